The first kappa shape index (κ1) is 19.3. The summed E-state index contributed by atoms with van der Waals surface area (Å²) in [6, 6.07) is 21.4. The van der Waals surface area contributed by atoms with Crippen LogP contribution in [0.2, 0.25) is 0 Å². The van der Waals surface area contributed by atoms with E-state index in [1.807, 2.05) is 54.6 Å². The Labute approximate surface area is 182 Å². The van der Waals surface area contributed by atoms with Gasteiger partial charge in [0.1, 0.15) is 0 Å². The zero-order valence-electron chi connectivity index (χ0n) is 16.7. The van der Waals surface area contributed by atoms with E-state index >= 15 is 0 Å². The van der Waals surface area contributed by atoms with Crippen LogP contribution in [0.4, 0.5) is 11.4 Å². The fraction of sp³-hybridized carbons (Fsp3) is 0. The van der Waals surface area contributed by atoms with Crippen LogP contribution in [0, 0.1) is 10.1 Å². The van der Waals surface area contributed by atoms with Crippen LogP contribution < -0.4 is 0 Å². The van der Waals surface area contributed by atoms with Gasteiger partial charge in [0.15, 0.2) is 5.88 Å². The molecule has 5 rings (SSSR count). The van der Waals surface area contributed by atoms with Crippen molar-refractivity contribution in [3.63, 3.8) is 0 Å². The van der Waals surface area contributed by atoms with Crippen molar-refractivity contribution >= 4 is 28.0 Å². The predicted molar refractivity (Wildman–Crippen MR) is 122 cm³/mol. The SMILES string of the molecule is O=[N+]([O-])c1ccc2[nH]c(O)c(C(=Nc3ccccc3-c3cnc[nH]3)c3ccccc3)c2c1. The van der Waals surface area contributed by atoms with Crippen LogP contribution in [0.3, 0.4) is 0 Å². The minimum atomic E-state index is -0.458. The molecule has 0 amide bonds. The molecule has 0 aliphatic heterocycles. The second kappa shape index (κ2) is 7.84. The third kappa shape index (κ3) is 3.39. The van der Waals surface area contributed by atoms with Crippen LogP contribution in [0.15, 0.2) is 90.3 Å². The van der Waals surface area contributed by atoms with E-state index in [9.17, 15) is 15.2 Å². The number of benzene rings is 3. The molecule has 0 fully saturated rings. The molecule has 0 radical (unpaired) electrons. The average Bonchev–Trinajstić information content (AvgIpc) is 3.45. The van der Waals surface area contributed by atoms with Gasteiger partial charge in [-0.3, -0.25) is 10.1 Å². The molecule has 8 heteroatoms. The highest BCUT2D eigenvalue weighted by molar-refractivity contribution is 6.22. The number of aromatic amines is 2. The maximum atomic E-state index is 11.4. The fourth-order valence-electron chi connectivity index (χ4n) is 3.70. The number of fused-ring (bicyclic) bond motifs is 1. The molecule has 0 unspecified atom stereocenters. The lowest BCUT2D eigenvalue weighted by molar-refractivity contribution is -0.384. The lowest BCUT2D eigenvalue weighted by Gasteiger charge is -2.10. The Morgan fingerprint density at radius 1 is 1.03 bits per heavy atom. The molecule has 0 spiro atoms. The summed E-state index contributed by atoms with van der Waals surface area (Å²) < 4.78 is 0. The molecule has 156 valence electrons. The van der Waals surface area contributed by atoms with Gasteiger partial charge in [-0.05, 0) is 12.1 Å². The number of aliphatic imine (C=N–C) groups is 1. The van der Waals surface area contributed by atoms with Gasteiger partial charge in [0.25, 0.3) is 5.69 Å². The van der Waals surface area contributed by atoms with E-state index in [1.54, 1.807) is 18.6 Å². The van der Waals surface area contributed by atoms with Crippen molar-refractivity contribution in [2.45, 2.75) is 0 Å². The highest BCUT2D eigenvalue weighted by atomic mass is 16.6. The standard InChI is InChI=1S/C24H17N5O3/c30-24-22(18-12-16(29(31)32)10-11-20(18)28-24)23(15-6-2-1-3-7-15)27-19-9-5-4-8-17(19)21-13-25-14-26-21/h1-14,28,30H,(H,25,26). The number of H-pyrrole nitrogens is 2. The fourth-order valence-corrected chi connectivity index (χ4v) is 3.70. The first-order chi connectivity index (χ1) is 15.6. The molecule has 2 aromatic heterocycles. The molecule has 3 aromatic carbocycles. The van der Waals surface area contributed by atoms with E-state index in [2.05, 4.69) is 15.0 Å². The number of rotatable bonds is 5. The molecule has 0 atom stereocenters. The van der Waals surface area contributed by atoms with Crippen molar-refractivity contribution in [3.05, 3.63) is 107 Å². The topological polar surface area (TPSA) is 120 Å². The first-order valence-electron chi connectivity index (χ1n) is 9.83. The Morgan fingerprint density at radius 2 is 1.81 bits per heavy atom. The minimum Gasteiger partial charge on any atom is -0.494 e. The van der Waals surface area contributed by atoms with Gasteiger partial charge in [0.05, 0.1) is 40.1 Å². The number of imidazole rings is 1. The van der Waals surface area contributed by atoms with Crippen molar-refractivity contribution in [2.24, 2.45) is 4.99 Å². The van der Waals surface area contributed by atoms with Gasteiger partial charge in [-0.25, -0.2) is 9.98 Å². The quantitative estimate of drug-likeness (QED) is 0.201. The van der Waals surface area contributed by atoms with Gasteiger partial charge in [-0.2, -0.15) is 0 Å². The summed E-state index contributed by atoms with van der Waals surface area (Å²) >= 11 is 0. The van der Waals surface area contributed by atoms with E-state index in [4.69, 9.17) is 4.99 Å². The second-order valence-corrected chi connectivity index (χ2v) is 7.14. The molecule has 0 aliphatic rings. The second-order valence-electron chi connectivity index (χ2n) is 7.14. The molecular weight excluding hydrogens is 406 g/mol. The average molecular weight is 423 g/mol. The number of nitrogens with one attached hydrogen (secondary N) is 2. The summed E-state index contributed by atoms with van der Waals surface area (Å²) in [6.07, 6.45) is 3.31. The summed E-state index contributed by atoms with van der Waals surface area (Å²) in [5.74, 6) is -0.109. The van der Waals surface area contributed by atoms with Gasteiger partial charge in [-0.1, -0.05) is 48.5 Å². The van der Waals surface area contributed by atoms with E-state index < -0.39 is 4.92 Å². The highest BCUT2D eigenvalue weighted by Gasteiger charge is 2.21. The number of hydrogen-bond acceptors (Lipinski definition) is 5. The van der Waals surface area contributed by atoms with Crippen molar-refractivity contribution in [1.29, 1.82) is 0 Å². The number of nitro groups is 1. The smallest absolute Gasteiger partial charge is 0.270 e. The Hall–Kier alpha value is -4.72. The van der Waals surface area contributed by atoms with Gasteiger partial charge in [0, 0.05) is 34.2 Å². The van der Waals surface area contributed by atoms with E-state index in [1.165, 1.54) is 12.1 Å². The van der Waals surface area contributed by atoms with E-state index in [-0.39, 0.29) is 11.6 Å². The molecule has 2 heterocycles. The molecule has 8 nitrogen and oxygen atoms in total. The number of aromatic hydroxyl groups is 1. The zero-order chi connectivity index (χ0) is 22.1. The normalized spacial score (nSPS) is 11.7. The number of nitrogens with zero attached hydrogens (tertiary/aromatic N) is 3. The van der Waals surface area contributed by atoms with Gasteiger partial charge >= 0.3 is 0 Å². The molecule has 32 heavy (non-hydrogen) atoms. The Bertz CT molecular complexity index is 1450. The van der Waals surface area contributed by atoms with Crippen molar-refractivity contribution in [3.8, 4) is 17.1 Å². The highest BCUT2D eigenvalue weighted by Crippen LogP contribution is 2.35. The van der Waals surface area contributed by atoms with Crippen molar-refractivity contribution in [2.75, 3.05) is 0 Å². The van der Waals surface area contributed by atoms with E-state index in [0.29, 0.717) is 27.9 Å². The third-order valence-electron chi connectivity index (χ3n) is 5.18. The number of nitro benzene ring substituents is 1. The van der Waals surface area contributed by atoms with Crippen LogP contribution >= 0.6 is 0 Å². The summed E-state index contributed by atoms with van der Waals surface area (Å²) in [5, 5.41) is 22.7. The Balaban J connectivity index is 1.80. The number of aromatic nitrogens is 3. The van der Waals surface area contributed by atoms with Crippen LogP contribution in [0.1, 0.15) is 11.1 Å². The number of non-ortho nitro benzene ring substituents is 1. The molecule has 0 aliphatic carbocycles. The van der Waals surface area contributed by atoms with Crippen molar-refractivity contribution in [1.82, 2.24) is 15.0 Å². The van der Waals surface area contributed by atoms with Crippen LogP contribution in [0.5, 0.6) is 5.88 Å². The summed E-state index contributed by atoms with van der Waals surface area (Å²) in [6.45, 7) is 0. The zero-order valence-corrected chi connectivity index (χ0v) is 16.7. The first-order valence-corrected chi connectivity index (χ1v) is 9.83. The monoisotopic (exact) mass is 423 g/mol. The Morgan fingerprint density at radius 3 is 2.56 bits per heavy atom. The molecule has 3 N–H and O–H groups in total. The molecule has 0 saturated heterocycles. The maximum absolute atomic E-state index is 11.4. The summed E-state index contributed by atoms with van der Waals surface area (Å²) in [5.41, 5.74) is 4.46. The lowest BCUT2D eigenvalue weighted by Crippen LogP contribution is -2.03. The molecule has 5 aromatic rings. The van der Waals surface area contributed by atoms with Gasteiger partial charge in [-0.15, -0.1) is 0 Å². The van der Waals surface area contributed by atoms with Crippen LogP contribution in [0.25, 0.3) is 22.2 Å². The maximum Gasteiger partial charge on any atom is 0.270 e. The summed E-state index contributed by atoms with van der Waals surface area (Å²) in [4.78, 5) is 25.9. The van der Waals surface area contributed by atoms with Gasteiger partial charge in [0.2, 0.25) is 0 Å². The number of para-hydroxylation sites is 1. The molecular formula is C24H17N5O3. The van der Waals surface area contributed by atoms with Crippen LogP contribution in [-0.2, 0) is 0 Å². The molecule has 0 saturated carbocycles. The van der Waals surface area contributed by atoms with E-state index in [0.717, 1.165) is 16.8 Å². The van der Waals surface area contributed by atoms with Gasteiger partial charge < -0.3 is 15.1 Å². The molecule has 0 bridgehead atoms. The van der Waals surface area contributed by atoms with Crippen LogP contribution in [-0.4, -0.2) is 30.7 Å². The largest absolute Gasteiger partial charge is 0.494 e. The number of hydrogen-bond donors (Lipinski definition) is 3. The third-order valence-corrected chi connectivity index (χ3v) is 5.18. The summed E-state index contributed by atoms with van der Waals surface area (Å²) in [7, 11) is 0. The minimum absolute atomic E-state index is 0.0666. The lowest BCUT2D eigenvalue weighted by atomic mass is 10.00. The Kier molecular flexibility index (Phi) is 4.72. The predicted octanol–water partition coefficient (Wildman–Crippen LogP) is 5.34. The van der Waals surface area contributed by atoms with Crippen molar-refractivity contribution < 1.29 is 10.0 Å².